The Labute approximate surface area is 178 Å². The molecule has 0 aliphatic heterocycles. The van der Waals surface area contributed by atoms with Crippen LogP contribution in [-0.4, -0.2) is 18.3 Å². The predicted molar refractivity (Wildman–Crippen MR) is 132 cm³/mol. The first-order chi connectivity index (χ1) is 14.3. The van der Waals surface area contributed by atoms with Gasteiger partial charge in [-0.15, -0.1) is 0 Å². The largest absolute Gasteiger partial charge is 0.109 e. The highest BCUT2D eigenvalue weighted by atomic mass is 28.3. The van der Waals surface area contributed by atoms with Gasteiger partial charge in [-0.25, -0.2) is 0 Å². The molecule has 1 unspecified atom stereocenters. The zero-order valence-corrected chi connectivity index (χ0v) is 19.6. The van der Waals surface area contributed by atoms with Crippen LogP contribution in [0.25, 0.3) is 0 Å². The van der Waals surface area contributed by atoms with E-state index in [1.807, 2.05) is 0 Å². The lowest BCUT2D eigenvalue weighted by Gasteiger charge is -2.38. The summed E-state index contributed by atoms with van der Waals surface area (Å²) in [6.07, 6.45) is 0. The molecule has 0 aliphatic rings. The maximum atomic E-state index is 2.56. The Hall–Kier alpha value is -2.69. The Bertz CT molecular complexity index is 962. The van der Waals surface area contributed by atoms with E-state index in [4.69, 9.17) is 0 Å². The fraction of sp³-hybridized carbons (Fsp3) is 0.111. The molecule has 0 aliphatic carbocycles. The Morgan fingerprint density at radius 1 is 0.586 bits per heavy atom. The van der Waals surface area contributed by atoms with Crippen LogP contribution >= 0.6 is 0 Å². The molecule has 0 amide bonds. The molecule has 1 atom stereocenters. The van der Waals surface area contributed by atoms with Crippen LogP contribution in [0.1, 0.15) is 18.1 Å². The van der Waals surface area contributed by atoms with Gasteiger partial charge >= 0.3 is 0 Å². The van der Waals surface area contributed by atoms with Gasteiger partial charge in [0.15, 0.2) is 0 Å². The lowest BCUT2D eigenvalue weighted by atomic mass is 10.1. The average molecular weight is 409 g/mol. The zero-order valence-electron chi connectivity index (χ0n) is 17.0. The van der Waals surface area contributed by atoms with Gasteiger partial charge in [0, 0.05) is 9.52 Å². The third-order valence-electron chi connectivity index (χ3n) is 6.11. The SMILES string of the molecule is CC([SiH2]Cc1ccccc1)(c1ccccc1)[SiH](c1ccccc1)c1ccccc1. The molecule has 4 aromatic rings. The van der Waals surface area contributed by atoms with Gasteiger partial charge in [0.1, 0.15) is 8.80 Å². The molecule has 144 valence electrons. The molecule has 0 fully saturated rings. The lowest BCUT2D eigenvalue weighted by molar-refractivity contribution is 0.924. The molecule has 0 saturated heterocycles. The van der Waals surface area contributed by atoms with E-state index in [2.05, 4.69) is 128 Å². The van der Waals surface area contributed by atoms with E-state index >= 15 is 0 Å². The van der Waals surface area contributed by atoms with Crippen molar-refractivity contribution in [1.29, 1.82) is 0 Å². The first kappa shape index (κ1) is 19.6. The van der Waals surface area contributed by atoms with Crippen LogP contribution in [-0.2, 0) is 10.7 Å². The van der Waals surface area contributed by atoms with Crippen molar-refractivity contribution < 1.29 is 0 Å². The van der Waals surface area contributed by atoms with Crippen LogP contribution < -0.4 is 10.4 Å². The Kier molecular flexibility index (Phi) is 6.23. The van der Waals surface area contributed by atoms with Crippen LogP contribution in [0.3, 0.4) is 0 Å². The molecule has 0 aromatic heterocycles. The quantitative estimate of drug-likeness (QED) is 0.408. The smallest absolute Gasteiger partial charge is 0.0629 e. The van der Waals surface area contributed by atoms with Gasteiger partial charge in [0.25, 0.3) is 0 Å². The van der Waals surface area contributed by atoms with Gasteiger partial charge in [-0.1, -0.05) is 144 Å². The summed E-state index contributed by atoms with van der Waals surface area (Å²) in [4.78, 5) is 0. The van der Waals surface area contributed by atoms with Crippen LogP contribution in [0.2, 0.25) is 0 Å². The summed E-state index contributed by atoms with van der Waals surface area (Å²) in [6.45, 7) is 2.56. The van der Waals surface area contributed by atoms with E-state index < -0.39 is 18.3 Å². The van der Waals surface area contributed by atoms with Crippen molar-refractivity contribution in [2.45, 2.75) is 17.6 Å². The lowest BCUT2D eigenvalue weighted by Crippen LogP contribution is -2.60. The zero-order chi connectivity index (χ0) is 19.9. The summed E-state index contributed by atoms with van der Waals surface area (Å²) in [5.41, 5.74) is 3.00. The summed E-state index contributed by atoms with van der Waals surface area (Å²) in [5, 5.41) is 3.09. The van der Waals surface area contributed by atoms with Crippen molar-refractivity contribution >= 4 is 28.7 Å². The predicted octanol–water partition coefficient (Wildman–Crippen LogP) is 3.85. The van der Waals surface area contributed by atoms with Crippen molar-refractivity contribution in [1.82, 2.24) is 0 Å². The standard InChI is InChI=1S/C27H28Si2/c1-27(24-16-8-3-9-17-24,28-22-23-14-6-2-7-15-23)29(25-18-10-4-11-19-25)26-20-12-5-13-21-26/h2-21,29H,22,28H2,1H3. The fourth-order valence-electron chi connectivity index (χ4n) is 4.54. The van der Waals surface area contributed by atoms with Crippen LogP contribution in [0.4, 0.5) is 0 Å². The van der Waals surface area contributed by atoms with Crippen molar-refractivity contribution in [2.75, 3.05) is 0 Å². The number of benzene rings is 4. The molecule has 0 N–H and O–H groups in total. The highest BCUT2D eigenvalue weighted by Gasteiger charge is 2.39. The van der Waals surface area contributed by atoms with Crippen molar-refractivity contribution in [3.05, 3.63) is 132 Å². The summed E-state index contributed by atoms with van der Waals surface area (Å²) >= 11 is 0. The maximum absolute atomic E-state index is 2.56. The summed E-state index contributed by atoms with van der Waals surface area (Å²) < 4.78 is 0.250. The van der Waals surface area contributed by atoms with Gasteiger partial charge < -0.3 is 0 Å². The minimum Gasteiger partial charge on any atom is -0.0629 e. The second-order valence-electron chi connectivity index (χ2n) is 8.02. The van der Waals surface area contributed by atoms with E-state index in [0.29, 0.717) is 0 Å². The van der Waals surface area contributed by atoms with E-state index in [0.717, 1.165) is 0 Å². The Balaban J connectivity index is 1.82. The normalized spacial score (nSPS) is 13.6. The monoisotopic (exact) mass is 408 g/mol. The van der Waals surface area contributed by atoms with E-state index in [1.54, 1.807) is 10.4 Å². The molecule has 0 nitrogen and oxygen atoms in total. The second-order valence-corrected chi connectivity index (χ2v) is 14.8. The van der Waals surface area contributed by atoms with Crippen molar-refractivity contribution in [3.63, 3.8) is 0 Å². The van der Waals surface area contributed by atoms with Crippen LogP contribution in [0, 0.1) is 0 Å². The molecular formula is C27H28Si2. The Morgan fingerprint density at radius 2 is 1.00 bits per heavy atom. The third-order valence-corrected chi connectivity index (χ3v) is 14.2. The van der Waals surface area contributed by atoms with E-state index in [9.17, 15) is 0 Å². The molecule has 4 rings (SSSR count). The summed E-state index contributed by atoms with van der Waals surface area (Å²) in [7, 11) is -1.93. The molecule has 29 heavy (non-hydrogen) atoms. The number of hydrogen-bond acceptors (Lipinski definition) is 0. The van der Waals surface area contributed by atoms with Gasteiger partial charge in [-0.05, 0) is 16.3 Å². The minimum atomic E-state index is -1.49. The molecule has 2 heteroatoms. The highest BCUT2D eigenvalue weighted by molar-refractivity contribution is 6.93. The number of rotatable bonds is 7. The van der Waals surface area contributed by atoms with Crippen molar-refractivity contribution in [3.8, 4) is 0 Å². The van der Waals surface area contributed by atoms with Gasteiger partial charge in [0.2, 0.25) is 0 Å². The average Bonchev–Trinajstić information content (AvgIpc) is 2.81. The third kappa shape index (κ3) is 4.50. The van der Waals surface area contributed by atoms with Crippen LogP contribution in [0.15, 0.2) is 121 Å². The Morgan fingerprint density at radius 3 is 1.48 bits per heavy atom. The molecule has 0 heterocycles. The molecule has 4 aromatic carbocycles. The van der Waals surface area contributed by atoms with E-state index in [1.165, 1.54) is 17.2 Å². The van der Waals surface area contributed by atoms with E-state index in [-0.39, 0.29) is 4.66 Å². The van der Waals surface area contributed by atoms with Gasteiger partial charge in [0.05, 0.1) is 0 Å². The maximum Gasteiger partial charge on any atom is 0.109 e. The first-order valence-corrected chi connectivity index (χ1v) is 13.9. The van der Waals surface area contributed by atoms with Gasteiger partial charge in [-0.3, -0.25) is 0 Å². The fourth-order valence-corrected chi connectivity index (χ4v) is 12.8. The topological polar surface area (TPSA) is 0 Å². The minimum absolute atomic E-state index is 0.250. The molecule has 0 bridgehead atoms. The molecule has 0 radical (unpaired) electrons. The molecular weight excluding hydrogens is 380 g/mol. The molecule has 0 spiro atoms. The summed E-state index contributed by atoms with van der Waals surface area (Å²) in [5.74, 6) is 0. The van der Waals surface area contributed by atoms with Gasteiger partial charge in [-0.2, -0.15) is 0 Å². The molecule has 0 saturated carbocycles. The highest BCUT2D eigenvalue weighted by Crippen LogP contribution is 2.27. The summed E-state index contributed by atoms with van der Waals surface area (Å²) in [6, 6.07) is 46.2. The van der Waals surface area contributed by atoms with Crippen molar-refractivity contribution in [2.24, 2.45) is 0 Å². The number of hydrogen-bond donors (Lipinski definition) is 0. The van der Waals surface area contributed by atoms with Crippen LogP contribution in [0.5, 0.6) is 0 Å². The second kappa shape index (κ2) is 9.21. The first-order valence-electron chi connectivity index (χ1n) is 10.5.